The van der Waals surface area contributed by atoms with Gasteiger partial charge in [0, 0.05) is 6.42 Å². The molecule has 0 aliphatic rings. The molecule has 0 saturated carbocycles. The van der Waals surface area contributed by atoms with Crippen molar-refractivity contribution in [3.8, 4) is 0 Å². The predicted octanol–water partition coefficient (Wildman–Crippen LogP) is -0.187. The first-order chi connectivity index (χ1) is 7.99. The zero-order valence-corrected chi connectivity index (χ0v) is 10.5. The second kappa shape index (κ2) is 5.78. The third kappa shape index (κ3) is 3.82. The van der Waals surface area contributed by atoms with Gasteiger partial charge in [0.15, 0.2) is 5.03 Å². The summed E-state index contributed by atoms with van der Waals surface area (Å²) in [6.07, 6.45) is 1.82. The number of carbonyl (C=O) groups excluding carboxylic acids is 1. The predicted molar refractivity (Wildman–Crippen MR) is 59.8 cm³/mol. The first kappa shape index (κ1) is 13.7. The second-order valence-electron chi connectivity index (χ2n) is 3.18. The molecule has 1 aromatic rings. The first-order valence-corrected chi connectivity index (χ1v) is 6.67. The molecule has 0 unspecified atom stereocenters. The van der Waals surface area contributed by atoms with Crippen LogP contribution >= 0.6 is 0 Å². The van der Waals surface area contributed by atoms with Crippen LogP contribution in [0.3, 0.4) is 0 Å². The smallest absolute Gasteiger partial charge is 0.321 e. The lowest BCUT2D eigenvalue weighted by atomic mass is 10.5. The molecule has 0 amide bonds. The van der Waals surface area contributed by atoms with Gasteiger partial charge in [0.25, 0.3) is 10.0 Å². The van der Waals surface area contributed by atoms with Crippen LogP contribution in [-0.2, 0) is 26.0 Å². The van der Waals surface area contributed by atoms with Gasteiger partial charge in [0.05, 0.1) is 12.8 Å². The Kier molecular flexibility index (Phi) is 4.64. The van der Waals surface area contributed by atoms with Crippen molar-refractivity contribution in [3.05, 3.63) is 12.0 Å². The van der Waals surface area contributed by atoms with Gasteiger partial charge in [-0.15, -0.1) is 0 Å². The summed E-state index contributed by atoms with van der Waals surface area (Å²) in [5.41, 5.74) is 0. The maximum atomic E-state index is 11.7. The number of sulfonamides is 1. The highest BCUT2D eigenvalue weighted by atomic mass is 32.2. The van der Waals surface area contributed by atoms with Crippen molar-refractivity contribution in [2.45, 2.75) is 25.3 Å². The molecule has 96 valence electrons. The van der Waals surface area contributed by atoms with Crippen molar-refractivity contribution in [1.29, 1.82) is 0 Å². The quantitative estimate of drug-likeness (QED) is 0.691. The summed E-state index contributed by atoms with van der Waals surface area (Å²) >= 11 is 0. The molecule has 0 atom stereocenters. The Bertz CT molecular complexity index is 480. The van der Waals surface area contributed by atoms with Crippen molar-refractivity contribution in [1.82, 2.24) is 14.7 Å². The SMILES string of the molecule is CCOC(=O)CNS(=O)(=O)c1cnc(CC)[nH]1. The van der Waals surface area contributed by atoms with Crippen LogP contribution in [0.25, 0.3) is 0 Å². The van der Waals surface area contributed by atoms with E-state index in [-0.39, 0.29) is 11.6 Å². The van der Waals surface area contributed by atoms with Gasteiger partial charge >= 0.3 is 5.97 Å². The summed E-state index contributed by atoms with van der Waals surface area (Å²) in [7, 11) is -3.73. The summed E-state index contributed by atoms with van der Waals surface area (Å²) in [5, 5.41) is -0.0568. The van der Waals surface area contributed by atoms with Crippen LogP contribution in [-0.4, -0.2) is 37.5 Å². The number of imidazole rings is 1. The lowest BCUT2D eigenvalue weighted by Crippen LogP contribution is -2.31. The van der Waals surface area contributed by atoms with Crippen LogP contribution in [0, 0.1) is 0 Å². The lowest BCUT2D eigenvalue weighted by molar-refractivity contribution is -0.141. The average Bonchev–Trinajstić information content (AvgIpc) is 2.76. The molecular formula is C9H15N3O4S. The van der Waals surface area contributed by atoms with E-state index in [2.05, 4.69) is 19.4 Å². The highest BCUT2D eigenvalue weighted by Crippen LogP contribution is 2.05. The third-order valence-corrected chi connectivity index (χ3v) is 3.25. The monoisotopic (exact) mass is 261 g/mol. The number of esters is 1. The number of nitrogens with zero attached hydrogens (tertiary/aromatic N) is 1. The number of ether oxygens (including phenoxy) is 1. The topological polar surface area (TPSA) is 101 Å². The Morgan fingerprint density at radius 1 is 1.53 bits per heavy atom. The third-order valence-electron chi connectivity index (χ3n) is 1.94. The molecule has 17 heavy (non-hydrogen) atoms. The second-order valence-corrected chi connectivity index (χ2v) is 4.91. The van der Waals surface area contributed by atoms with Crippen LogP contribution in [0.1, 0.15) is 19.7 Å². The fourth-order valence-corrected chi connectivity index (χ4v) is 2.01. The van der Waals surface area contributed by atoms with Crippen molar-refractivity contribution in [3.63, 3.8) is 0 Å². The molecule has 0 aliphatic carbocycles. The zero-order chi connectivity index (χ0) is 12.9. The molecular weight excluding hydrogens is 246 g/mol. The fraction of sp³-hybridized carbons (Fsp3) is 0.556. The van der Waals surface area contributed by atoms with E-state index in [4.69, 9.17) is 0 Å². The number of hydrogen-bond donors (Lipinski definition) is 2. The summed E-state index contributed by atoms with van der Waals surface area (Å²) < 4.78 is 30.1. The minimum absolute atomic E-state index is 0.0568. The fourth-order valence-electron chi connectivity index (χ4n) is 1.10. The van der Waals surface area contributed by atoms with Crippen molar-refractivity contribution < 1.29 is 17.9 Å². The summed E-state index contributed by atoms with van der Waals surface area (Å²) in [5.74, 6) is -0.0483. The van der Waals surface area contributed by atoms with Gasteiger partial charge in [-0.25, -0.2) is 13.4 Å². The van der Waals surface area contributed by atoms with Crippen molar-refractivity contribution in [2.75, 3.05) is 13.2 Å². The average molecular weight is 261 g/mol. The van der Waals surface area contributed by atoms with Crippen molar-refractivity contribution >= 4 is 16.0 Å². The number of aromatic nitrogens is 2. The minimum Gasteiger partial charge on any atom is -0.465 e. The largest absolute Gasteiger partial charge is 0.465 e. The molecule has 7 nitrogen and oxygen atoms in total. The van der Waals surface area contributed by atoms with Crippen molar-refractivity contribution in [2.24, 2.45) is 0 Å². The van der Waals surface area contributed by atoms with Crippen LogP contribution in [0.2, 0.25) is 0 Å². The van der Waals surface area contributed by atoms with Gasteiger partial charge in [0.1, 0.15) is 12.4 Å². The highest BCUT2D eigenvalue weighted by molar-refractivity contribution is 7.89. The van der Waals surface area contributed by atoms with Gasteiger partial charge in [-0.2, -0.15) is 4.72 Å². The number of carbonyl (C=O) groups is 1. The molecule has 1 rings (SSSR count). The van der Waals surface area contributed by atoms with Crippen LogP contribution in [0.4, 0.5) is 0 Å². The molecule has 1 heterocycles. The summed E-state index contributed by atoms with van der Waals surface area (Å²) in [6.45, 7) is 3.32. The molecule has 8 heteroatoms. The Morgan fingerprint density at radius 2 is 2.24 bits per heavy atom. The number of H-pyrrole nitrogens is 1. The Morgan fingerprint density at radius 3 is 2.76 bits per heavy atom. The number of aromatic amines is 1. The van der Waals surface area contributed by atoms with E-state index < -0.39 is 22.5 Å². The number of hydrogen-bond acceptors (Lipinski definition) is 5. The van der Waals surface area contributed by atoms with Crippen LogP contribution in [0.5, 0.6) is 0 Å². The lowest BCUT2D eigenvalue weighted by Gasteiger charge is -2.04. The first-order valence-electron chi connectivity index (χ1n) is 5.18. The van der Waals surface area contributed by atoms with Gasteiger partial charge in [-0.05, 0) is 6.92 Å². The maximum Gasteiger partial charge on any atom is 0.321 e. The zero-order valence-electron chi connectivity index (χ0n) is 9.69. The number of rotatable bonds is 6. The van der Waals surface area contributed by atoms with Gasteiger partial charge in [-0.1, -0.05) is 6.92 Å². The highest BCUT2D eigenvalue weighted by Gasteiger charge is 2.18. The normalized spacial score (nSPS) is 11.4. The number of aryl methyl sites for hydroxylation is 1. The van der Waals surface area contributed by atoms with Crippen LogP contribution in [0.15, 0.2) is 11.2 Å². The van der Waals surface area contributed by atoms with Gasteiger partial charge < -0.3 is 9.72 Å². The van der Waals surface area contributed by atoms with E-state index in [1.807, 2.05) is 6.92 Å². The Labute approximate surface area is 99.6 Å². The molecule has 0 saturated heterocycles. The molecule has 0 radical (unpaired) electrons. The van der Waals surface area contributed by atoms with E-state index in [1.54, 1.807) is 6.92 Å². The summed E-state index contributed by atoms with van der Waals surface area (Å²) in [4.78, 5) is 17.5. The molecule has 1 aromatic heterocycles. The van der Waals surface area contributed by atoms with E-state index in [0.29, 0.717) is 12.2 Å². The molecule has 0 fully saturated rings. The van der Waals surface area contributed by atoms with E-state index in [9.17, 15) is 13.2 Å². The summed E-state index contributed by atoms with van der Waals surface area (Å²) in [6, 6.07) is 0. The number of nitrogens with one attached hydrogen (secondary N) is 2. The molecule has 2 N–H and O–H groups in total. The Balaban J connectivity index is 2.65. The van der Waals surface area contributed by atoms with Gasteiger partial charge in [0.2, 0.25) is 0 Å². The molecule has 0 aliphatic heterocycles. The standard InChI is InChI=1S/C9H15N3O4S/c1-3-7-10-5-8(12-7)17(14,15)11-6-9(13)16-4-2/h5,11H,3-4,6H2,1-2H3,(H,10,12). The minimum atomic E-state index is -3.73. The van der Waals surface area contributed by atoms with E-state index in [1.165, 1.54) is 6.20 Å². The maximum absolute atomic E-state index is 11.7. The van der Waals surface area contributed by atoms with Crippen LogP contribution < -0.4 is 4.72 Å². The molecule has 0 aromatic carbocycles. The van der Waals surface area contributed by atoms with E-state index >= 15 is 0 Å². The van der Waals surface area contributed by atoms with Gasteiger partial charge in [-0.3, -0.25) is 4.79 Å². The molecule has 0 spiro atoms. The Hall–Kier alpha value is -1.41. The van der Waals surface area contributed by atoms with E-state index in [0.717, 1.165) is 0 Å². The molecule has 0 bridgehead atoms.